The van der Waals surface area contributed by atoms with E-state index >= 15 is 0 Å². The van der Waals surface area contributed by atoms with Gasteiger partial charge in [0.25, 0.3) is 5.56 Å². The molecule has 8 nitrogen and oxygen atoms in total. The summed E-state index contributed by atoms with van der Waals surface area (Å²) in [6, 6.07) is 10.3. The van der Waals surface area contributed by atoms with Crippen LogP contribution in [0.4, 0.5) is 13.2 Å². The highest BCUT2D eigenvalue weighted by atomic mass is 19.4. The molecule has 36 heavy (non-hydrogen) atoms. The van der Waals surface area contributed by atoms with E-state index in [2.05, 4.69) is 20.2 Å². The maximum Gasteiger partial charge on any atom is 0.408 e. The van der Waals surface area contributed by atoms with Crippen molar-refractivity contribution in [1.29, 1.82) is 0 Å². The Balaban J connectivity index is 1.40. The number of halogens is 3. The third-order valence-corrected chi connectivity index (χ3v) is 6.46. The fraction of sp³-hybridized carbons (Fsp3) is 0.240. The first kappa shape index (κ1) is 22.2. The summed E-state index contributed by atoms with van der Waals surface area (Å²) in [4.78, 5) is 22.4. The first-order chi connectivity index (χ1) is 17.3. The van der Waals surface area contributed by atoms with Crippen LogP contribution in [0.5, 0.6) is 0 Å². The maximum absolute atomic E-state index is 13.5. The number of hydrogen-bond acceptors (Lipinski definition) is 5. The Bertz CT molecular complexity index is 1650. The predicted molar refractivity (Wildman–Crippen MR) is 126 cm³/mol. The van der Waals surface area contributed by atoms with E-state index in [-0.39, 0.29) is 22.9 Å². The number of pyridine rings is 2. The summed E-state index contributed by atoms with van der Waals surface area (Å²) in [7, 11) is 0. The van der Waals surface area contributed by atoms with E-state index in [4.69, 9.17) is 0 Å². The number of aromatic nitrogens is 7. The highest BCUT2D eigenvalue weighted by molar-refractivity contribution is 5.83. The Morgan fingerprint density at radius 1 is 1.08 bits per heavy atom. The second kappa shape index (κ2) is 8.14. The molecule has 11 heteroatoms. The normalized spacial score (nSPS) is 14.9. The number of hydrogen-bond donors (Lipinski definition) is 0. The fourth-order valence-corrected chi connectivity index (χ4v) is 4.19. The average molecular weight is 491 g/mol. The van der Waals surface area contributed by atoms with Crippen LogP contribution in [0.2, 0.25) is 0 Å². The van der Waals surface area contributed by atoms with Crippen molar-refractivity contribution in [2.45, 2.75) is 37.9 Å². The Morgan fingerprint density at radius 3 is 2.69 bits per heavy atom. The molecule has 1 fully saturated rings. The van der Waals surface area contributed by atoms with E-state index in [0.29, 0.717) is 11.3 Å². The highest BCUT2D eigenvalue weighted by Crippen LogP contribution is 2.39. The Labute approximate surface area is 202 Å². The lowest BCUT2D eigenvalue weighted by atomic mass is 10.1. The molecule has 4 aromatic heterocycles. The minimum Gasteiger partial charge on any atom is -0.306 e. The minimum atomic E-state index is -4.48. The van der Waals surface area contributed by atoms with Gasteiger partial charge in [-0.25, -0.2) is 9.97 Å². The predicted octanol–water partition coefficient (Wildman–Crippen LogP) is 4.83. The molecule has 6 rings (SSSR count). The largest absolute Gasteiger partial charge is 0.408 e. The van der Waals surface area contributed by atoms with Gasteiger partial charge < -0.3 is 9.13 Å². The summed E-state index contributed by atoms with van der Waals surface area (Å²) in [5, 5.41) is 8.74. The molecule has 5 aromatic rings. The molecule has 4 heterocycles. The second-order valence-electron chi connectivity index (χ2n) is 8.90. The molecule has 0 N–H and O–H groups in total. The number of benzene rings is 1. The molecule has 182 valence electrons. The van der Waals surface area contributed by atoms with Crippen LogP contribution in [-0.2, 0) is 0 Å². The van der Waals surface area contributed by atoms with Crippen molar-refractivity contribution in [3.63, 3.8) is 0 Å². The molecule has 0 amide bonds. The van der Waals surface area contributed by atoms with Gasteiger partial charge in [0.2, 0.25) is 0 Å². The monoisotopic (exact) mass is 491 g/mol. The SMILES string of the molecule is CC(n1cnnc1-c1cccc(-n2ccc3ccc(-n4cnc(C5CC5)c4)cc3c2=O)n1)C(F)(F)F. The van der Waals surface area contributed by atoms with Crippen molar-refractivity contribution < 1.29 is 13.2 Å². The van der Waals surface area contributed by atoms with Crippen molar-refractivity contribution in [1.82, 2.24) is 33.9 Å². The van der Waals surface area contributed by atoms with E-state index in [9.17, 15) is 18.0 Å². The molecule has 1 aliphatic carbocycles. The molecule has 0 spiro atoms. The average Bonchev–Trinajstić information content (AvgIpc) is 3.39. The molecule has 1 unspecified atom stereocenters. The number of alkyl halides is 3. The zero-order chi connectivity index (χ0) is 25.0. The topological polar surface area (TPSA) is 83.4 Å². The van der Waals surface area contributed by atoms with Crippen LogP contribution >= 0.6 is 0 Å². The maximum atomic E-state index is 13.5. The molecule has 1 atom stereocenters. The van der Waals surface area contributed by atoms with E-state index in [1.165, 1.54) is 10.6 Å². The Morgan fingerprint density at radius 2 is 1.92 bits per heavy atom. The first-order valence-corrected chi connectivity index (χ1v) is 11.4. The van der Waals surface area contributed by atoms with Gasteiger partial charge in [0, 0.05) is 29.4 Å². The van der Waals surface area contributed by atoms with E-state index in [0.717, 1.165) is 47.4 Å². The van der Waals surface area contributed by atoms with Crippen molar-refractivity contribution in [3.8, 4) is 23.0 Å². The second-order valence-corrected chi connectivity index (χ2v) is 8.90. The summed E-state index contributed by atoms with van der Waals surface area (Å²) in [5.74, 6) is 0.745. The van der Waals surface area contributed by atoms with E-state index < -0.39 is 12.2 Å². The highest BCUT2D eigenvalue weighted by Gasteiger charge is 2.38. The summed E-state index contributed by atoms with van der Waals surface area (Å²) in [5.41, 5.74) is 1.74. The van der Waals surface area contributed by atoms with Crippen molar-refractivity contribution >= 4 is 10.8 Å². The molecule has 0 radical (unpaired) electrons. The Hall–Kier alpha value is -4.28. The molecule has 1 aliphatic rings. The molecule has 1 saturated carbocycles. The third-order valence-electron chi connectivity index (χ3n) is 6.46. The number of nitrogens with zero attached hydrogens (tertiary/aromatic N) is 7. The lowest BCUT2D eigenvalue weighted by Crippen LogP contribution is -2.24. The lowest BCUT2D eigenvalue weighted by Gasteiger charge is -2.18. The van der Waals surface area contributed by atoms with Gasteiger partial charge >= 0.3 is 6.18 Å². The number of rotatable bonds is 5. The van der Waals surface area contributed by atoms with Crippen LogP contribution in [-0.4, -0.2) is 40.0 Å². The van der Waals surface area contributed by atoms with Crippen LogP contribution in [0.1, 0.15) is 37.4 Å². The summed E-state index contributed by atoms with van der Waals surface area (Å²) < 4.78 is 44.1. The van der Waals surface area contributed by atoms with Crippen molar-refractivity contribution in [2.24, 2.45) is 0 Å². The van der Waals surface area contributed by atoms with Crippen LogP contribution in [0.3, 0.4) is 0 Å². The molecule has 0 aliphatic heterocycles. The zero-order valence-electron chi connectivity index (χ0n) is 19.1. The summed E-state index contributed by atoms with van der Waals surface area (Å²) in [6.07, 6.45) is 4.19. The smallest absolute Gasteiger partial charge is 0.306 e. The standard InChI is InChI=1S/C25H20F3N7O/c1-15(25(26,27)28)35-14-30-32-23(35)20-3-2-4-22(31-20)34-10-9-16-7-8-18(11-19(16)24(34)36)33-12-21(29-13-33)17-5-6-17/h2-4,7-15,17H,5-6H2,1H3. The minimum absolute atomic E-state index is 0.0376. The quantitative estimate of drug-likeness (QED) is 0.352. The van der Waals surface area contributed by atoms with Crippen LogP contribution in [0.25, 0.3) is 33.8 Å². The van der Waals surface area contributed by atoms with Gasteiger partial charge in [-0.1, -0.05) is 12.1 Å². The third kappa shape index (κ3) is 3.86. The Kier molecular flexibility index (Phi) is 5.02. The van der Waals surface area contributed by atoms with E-state index in [1.807, 2.05) is 22.9 Å². The molecule has 1 aromatic carbocycles. The summed E-state index contributed by atoms with van der Waals surface area (Å²) in [6.45, 7) is 1.02. The van der Waals surface area contributed by atoms with Crippen LogP contribution in [0.15, 0.2) is 72.3 Å². The van der Waals surface area contributed by atoms with Gasteiger partial charge in [-0.3, -0.25) is 9.36 Å². The van der Waals surface area contributed by atoms with Gasteiger partial charge in [-0.15, -0.1) is 10.2 Å². The molecule has 0 bridgehead atoms. The molecule has 0 saturated heterocycles. The van der Waals surface area contributed by atoms with E-state index in [1.54, 1.807) is 36.8 Å². The van der Waals surface area contributed by atoms with Crippen molar-refractivity contribution in [3.05, 3.63) is 83.6 Å². The fourth-order valence-electron chi connectivity index (χ4n) is 4.19. The molecular weight excluding hydrogens is 471 g/mol. The van der Waals surface area contributed by atoms with Gasteiger partial charge in [-0.05, 0) is 55.5 Å². The number of fused-ring (bicyclic) bond motifs is 1. The van der Waals surface area contributed by atoms with Gasteiger partial charge in [0.15, 0.2) is 5.82 Å². The van der Waals surface area contributed by atoms with Crippen LogP contribution < -0.4 is 5.56 Å². The van der Waals surface area contributed by atoms with Crippen LogP contribution in [0, 0.1) is 0 Å². The summed E-state index contributed by atoms with van der Waals surface area (Å²) >= 11 is 0. The van der Waals surface area contributed by atoms with Gasteiger partial charge in [0.1, 0.15) is 23.9 Å². The van der Waals surface area contributed by atoms with Gasteiger partial charge in [-0.2, -0.15) is 13.2 Å². The van der Waals surface area contributed by atoms with Crippen molar-refractivity contribution in [2.75, 3.05) is 0 Å². The zero-order valence-corrected chi connectivity index (χ0v) is 19.1. The van der Waals surface area contributed by atoms with Gasteiger partial charge in [0.05, 0.1) is 12.0 Å². The molecular formula is C25H20F3N7O. The first-order valence-electron chi connectivity index (χ1n) is 11.4. The lowest BCUT2D eigenvalue weighted by molar-refractivity contribution is -0.162. The number of imidazole rings is 1.